The molecule has 1 saturated carbocycles. The summed E-state index contributed by atoms with van der Waals surface area (Å²) >= 11 is 5.89. The van der Waals surface area contributed by atoms with Gasteiger partial charge in [0.05, 0.1) is 5.02 Å². The lowest BCUT2D eigenvalue weighted by Gasteiger charge is -2.31. The number of hydrogen-bond donors (Lipinski definition) is 2. The fourth-order valence-corrected chi connectivity index (χ4v) is 4.46. The summed E-state index contributed by atoms with van der Waals surface area (Å²) < 4.78 is 5.92. The SMILES string of the molecule is CN(C)c1ccc2oc(C(=O)Nc3ccc(Cl)cn3)c(NC(=O)C3CCC(N(C)C)CC3)c2c1. The average Bonchev–Trinajstić information content (AvgIpc) is 3.18. The van der Waals surface area contributed by atoms with Gasteiger partial charge >= 0.3 is 0 Å². The number of hydrogen-bond acceptors (Lipinski definition) is 6. The molecule has 34 heavy (non-hydrogen) atoms. The molecule has 0 spiro atoms. The first-order valence-electron chi connectivity index (χ1n) is 11.4. The van der Waals surface area contributed by atoms with Gasteiger partial charge in [0, 0.05) is 43.3 Å². The number of furan rings is 1. The van der Waals surface area contributed by atoms with E-state index >= 15 is 0 Å². The second-order valence-corrected chi connectivity index (χ2v) is 9.59. The lowest BCUT2D eigenvalue weighted by atomic mass is 9.85. The van der Waals surface area contributed by atoms with Crippen LogP contribution in [0.4, 0.5) is 17.2 Å². The third kappa shape index (κ3) is 5.18. The van der Waals surface area contributed by atoms with Crippen molar-refractivity contribution in [1.29, 1.82) is 0 Å². The van der Waals surface area contributed by atoms with E-state index in [9.17, 15) is 9.59 Å². The van der Waals surface area contributed by atoms with Crippen LogP contribution in [0.1, 0.15) is 36.2 Å². The monoisotopic (exact) mass is 483 g/mol. The van der Waals surface area contributed by atoms with E-state index in [-0.39, 0.29) is 17.6 Å². The Labute approximate surface area is 204 Å². The molecule has 3 aromatic rings. The van der Waals surface area contributed by atoms with Crippen LogP contribution in [0.2, 0.25) is 5.02 Å². The summed E-state index contributed by atoms with van der Waals surface area (Å²) in [5, 5.41) is 6.89. The quantitative estimate of drug-likeness (QED) is 0.520. The molecular weight excluding hydrogens is 454 g/mol. The highest BCUT2D eigenvalue weighted by Gasteiger charge is 2.30. The normalized spacial score (nSPS) is 18.2. The Morgan fingerprint density at radius 2 is 1.76 bits per heavy atom. The molecule has 1 aliphatic rings. The van der Waals surface area contributed by atoms with Gasteiger partial charge in [-0.25, -0.2) is 4.98 Å². The fraction of sp³-hybridized carbons (Fsp3) is 0.400. The highest BCUT2D eigenvalue weighted by Crippen LogP contribution is 2.35. The molecule has 1 aliphatic carbocycles. The maximum atomic E-state index is 13.2. The Morgan fingerprint density at radius 3 is 2.38 bits per heavy atom. The molecule has 0 bridgehead atoms. The van der Waals surface area contributed by atoms with E-state index < -0.39 is 5.91 Å². The second-order valence-electron chi connectivity index (χ2n) is 9.16. The van der Waals surface area contributed by atoms with Crippen molar-refractivity contribution in [3.05, 3.63) is 47.3 Å². The maximum Gasteiger partial charge on any atom is 0.294 e. The van der Waals surface area contributed by atoms with Crippen molar-refractivity contribution >= 4 is 51.6 Å². The second kappa shape index (κ2) is 10.0. The van der Waals surface area contributed by atoms with Crippen molar-refractivity contribution in [3.63, 3.8) is 0 Å². The Kier molecular flexibility index (Phi) is 7.09. The van der Waals surface area contributed by atoms with E-state index in [0.717, 1.165) is 31.4 Å². The molecule has 0 atom stereocenters. The van der Waals surface area contributed by atoms with Crippen LogP contribution in [-0.2, 0) is 4.79 Å². The number of carbonyl (C=O) groups excluding carboxylic acids is 2. The van der Waals surface area contributed by atoms with Crippen LogP contribution in [0.25, 0.3) is 11.0 Å². The van der Waals surface area contributed by atoms with Crippen LogP contribution >= 0.6 is 11.6 Å². The van der Waals surface area contributed by atoms with Crippen LogP contribution in [0.15, 0.2) is 40.9 Å². The van der Waals surface area contributed by atoms with Crippen LogP contribution in [0.3, 0.4) is 0 Å². The van der Waals surface area contributed by atoms with Gasteiger partial charge in [0.15, 0.2) is 0 Å². The molecule has 1 aromatic carbocycles. The van der Waals surface area contributed by atoms with Crippen molar-refractivity contribution in [1.82, 2.24) is 9.88 Å². The first kappa shape index (κ1) is 24.0. The molecule has 2 aromatic heterocycles. The maximum absolute atomic E-state index is 13.2. The number of rotatable bonds is 6. The van der Waals surface area contributed by atoms with Gasteiger partial charge in [-0.15, -0.1) is 0 Å². The first-order chi connectivity index (χ1) is 16.2. The zero-order valence-corrected chi connectivity index (χ0v) is 20.6. The predicted molar refractivity (Wildman–Crippen MR) is 136 cm³/mol. The van der Waals surface area contributed by atoms with Crippen molar-refractivity contribution in [2.45, 2.75) is 31.7 Å². The molecule has 8 nitrogen and oxygen atoms in total. The minimum Gasteiger partial charge on any atom is -0.449 e. The Bertz CT molecular complexity index is 1180. The lowest BCUT2D eigenvalue weighted by Crippen LogP contribution is -2.35. The number of aromatic nitrogens is 1. The van der Waals surface area contributed by atoms with Gasteiger partial charge in [-0.05, 0) is 70.1 Å². The van der Waals surface area contributed by atoms with Gasteiger partial charge in [0.2, 0.25) is 11.7 Å². The summed E-state index contributed by atoms with van der Waals surface area (Å²) in [6, 6.07) is 9.36. The van der Waals surface area contributed by atoms with E-state index in [4.69, 9.17) is 16.0 Å². The molecule has 0 radical (unpaired) electrons. The van der Waals surface area contributed by atoms with Gasteiger partial charge in [-0.1, -0.05) is 11.6 Å². The zero-order valence-electron chi connectivity index (χ0n) is 19.9. The minimum absolute atomic E-state index is 0.0398. The van der Waals surface area contributed by atoms with Crippen LogP contribution in [-0.4, -0.2) is 55.9 Å². The molecule has 0 saturated heterocycles. The molecule has 2 N–H and O–H groups in total. The molecule has 1 fully saturated rings. The summed E-state index contributed by atoms with van der Waals surface area (Å²) in [4.78, 5) is 34.7. The minimum atomic E-state index is -0.496. The molecule has 9 heteroatoms. The highest BCUT2D eigenvalue weighted by molar-refractivity contribution is 6.30. The van der Waals surface area contributed by atoms with Gasteiger partial charge in [-0.3, -0.25) is 9.59 Å². The van der Waals surface area contributed by atoms with E-state index in [1.165, 1.54) is 6.20 Å². The summed E-state index contributed by atoms with van der Waals surface area (Å²) in [6.45, 7) is 0. The van der Waals surface area contributed by atoms with Crippen LogP contribution in [0.5, 0.6) is 0 Å². The van der Waals surface area contributed by atoms with Crippen LogP contribution < -0.4 is 15.5 Å². The number of anilines is 3. The predicted octanol–water partition coefficient (Wildman–Crippen LogP) is 4.86. The average molecular weight is 484 g/mol. The van der Waals surface area contributed by atoms with E-state index in [1.54, 1.807) is 18.2 Å². The van der Waals surface area contributed by atoms with Crippen molar-refractivity contribution in [3.8, 4) is 0 Å². The van der Waals surface area contributed by atoms with Gasteiger partial charge < -0.3 is 24.9 Å². The van der Waals surface area contributed by atoms with Crippen LogP contribution in [0, 0.1) is 5.92 Å². The third-order valence-electron chi connectivity index (χ3n) is 6.41. The molecule has 4 rings (SSSR count). The van der Waals surface area contributed by atoms with Gasteiger partial charge in [0.25, 0.3) is 5.91 Å². The van der Waals surface area contributed by atoms with Gasteiger partial charge in [0.1, 0.15) is 17.1 Å². The Balaban J connectivity index is 1.63. The number of halogens is 1. The molecule has 0 aliphatic heterocycles. The number of pyridine rings is 1. The Hall–Kier alpha value is -3.10. The van der Waals surface area contributed by atoms with Crippen molar-refractivity contribution < 1.29 is 14.0 Å². The molecule has 180 valence electrons. The number of benzene rings is 1. The number of nitrogens with one attached hydrogen (secondary N) is 2. The summed E-state index contributed by atoms with van der Waals surface area (Å²) in [5.74, 6) is -0.314. The first-order valence-corrected chi connectivity index (χ1v) is 11.7. The van der Waals surface area contributed by atoms with Gasteiger partial charge in [-0.2, -0.15) is 0 Å². The highest BCUT2D eigenvalue weighted by atomic mass is 35.5. The summed E-state index contributed by atoms with van der Waals surface area (Å²) in [7, 11) is 8.02. The van der Waals surface area contributed by atoms with E-state index in [1.807, 2.05) is 31.1 Å². The smallest absolute Gasteiger partial charge is 0.294 e. The Morgan fingerprint density at radius 1 is 1.03 bits per heavy atom. The number of nitrogens with zero attached hydrogens (tertiary/aromatic N) is 3. The van der Waals surface area contributed by atoms with Crippen molar-refractivity contribution in [2.24, 2.45) is 5.92 Å². The number of amides is 2. The summed E-state index contributed by atoms with van der Waals surface area (Å²) in [6.07, 6.45) is 5.01. The molecule has 2 heterocycles. The van der Waals surface area contributed by atoms with E-state index in [0.29, 0.717) is 33.5 Å². The topological polar surface area (TPSA) is 90.7 Å². The molecular formula is C25H30ClN5O3. The molecule has 2 amide bonds. The standard InChI is InChI=1S/C25H30ClN5O3/c1-30(2)17-8-5-15(6-9-17)24(32)29-22-19-13-18(31(3)4)10-11-20(19)34-23(22)25(33)28-21-12-7-16(26)14-27-21/h7,10-15,17H,5-6,8-9H2,1-4H3,(H,29,32)(H,27,28,33). The lowest BCUT2D eigenvalue weighted by molar-refractivity contribution is -0.121. The van der Waals surface area contributed by atoms with E-state index in [2.05, 4.69) is 34.6 Å². The third-order valence-corrected chi connectivity index (χ3v) is 6.63. The number of fused-ring (bicyclic) bond motifs is 1. The fourth-order valence-electron chi connectivity index (χ4n) is 4.35. The largest absolute Gasteiger partial charge is 0.449 e. The number of carbonyl (C=O) groups is 2. The zero-order chi connectivity index (χ0) is 24.4. The molecule has 0 unspecified atom stereocenters. The summed E-state index contributed by atoms with van der Waals surface area (Å²) in [5.41, 5.74) is 1.83. The van der Waals surface area contributed by atoms with Crippen molar-refractivity contribution in [2.75, 3.05) is 43.7 Å².